The van der Waals surface area contributed by atoms with Gasteiger partial charge in [0.2, 0.25) is 0 Å². The van der Waals surface area contributed by atoms with Crippen LogP contribution in [0.2, 0.25) is 5.22 Å². The molecule has 0 N–H and O–H groups in total. The maximum Gasteiger partial charge on any atom is 0.263 e. The van der Waals surface area contributed by atoms with Crippen LogP contribution in [-0.4, -0.2) is 5.78 Å². The molecule has 0 aliphatic heterocycles. The van der Waals surface area contributed by atoms with Crippen LogP contribution in [0.15, 0.2) is 33.1 Å². The SMILES string of the molecule is CCc1ccc(C(=O)c2ccc(Cl)o2)o1. The first-order chi connectivity index (χ1) is 7.20. The highest BCUT2D eigenvalue weighted by Crippen LogP contribution is 2.18. The van der Waals surface area contributed by atoms with Crippen molar-refractivity contribution in [3.8, 4) is 0 Å². The fourth-order valence-electron chi connectivity index (χ4n) is 1.25. The third-order valence-corrected chi connectivity index (χ3v) is 2.23. The van der Waals surface area contributed by atoms with E-state index in [4.69, 9.17) is 20.4 Å². The van der Waals surface area contributed by atoms with Gasteiger partial charge in [-0.15, -0.1) is 0 Å². The molecular weight excluding hydrogens is 216 g/mol. The first-order valence-corrected chi connectivity index (χ1v) is 4.97. The zero-order valence-electron chi connectivity index (χ0n) is 8.12. The van der Waals surface area contributed by atoms with Crippen LogP contribution >= 0.6 is 11.6 Å². The van der Waals surface area contributed by atoms with Crippen molar-refractivity contribution in [3.63, 3.8) is 0 Å². The Hall–Kier alpha value is -1.48. The molecule has 0 amide bonds. The largest absolute Gasteiger partial charge is 0.457 e. The number of furan rings is 2. The van der Waals surface area contributed by atoms with Gasteiger partial charge in [0.25, 0.3) is 5.78 Å². The summed E-state index contributed by atoms with van der Waals surface area (Å²) in [5.74, 6) is 0.951. The van der Waals surface area contributed by atoms with Crippen molar-refractivity contribution < 1.29 is 13.6 Å². The topological polar surface area (TPSA) is 43.4 Å². The molecule has 0 spiro atoms. The summed E-state index contributed by atoms with van der Waals surface area (Å²) < 4.78 is 10.3. The lowest BCUT2D eigenvalue weighted by atomic mass is 10.2. The van der Waals surface area contributed by atoms with Gasteiger partial charge in [0.05, 0.1) is 0 Å². The van der Waals surface area contributed by atoms with E-state index in [1.807, 2.05) is 6.92 Å². The summed E-state index contributed by atoms with van der Waals surface area (Å²) in [5.41, 5.74) is 0. The molecule has 3 nitrogen and oxygen atoms in total. The number of aryl methyl sites for hydroxylation is 1. The van der Waals surface area contributed by atoms with Crippen molar-refractivity contribution in [2.24, 2.45) is 0 Å². The maximum absolute atomic E-state index is 11.7. The second-order valence-corrected chi connectivity index (χ2v) is 3.42. The molecule has 2 heterocycles. The molecule has 0 aliphatic rings. The van der Waals surface area contributed by atoms with E-state index < -0.39 is 0 Å². The molecule has 0 fully saturated rings. The van der Waals surface area contributed by atoms with E-state index >= 15 is 0 Å². The van der Waals surface area contributed by atoms with Crippen molar-refractivity contribution in [1.82, 2.24) is 0 Å². The number of carbonyl (C=O) groups is 1. The molecule has 0 aliphatic carbocycles. The van der Waals surface area contributed by atoms with E-state index in [2.05, 4.69) is 0 Å². The Balaban J connectivity index is 2.28. The summed E-state index contributed by atoms with van der Waals surface area (Å²) in [5, 5.41) is 0.195. The summed E-state index contributed by atoms with van der Waals surface area (Å²) in [6.07, 6.45) is 0.756. The lowest BCUT2D eigenvalue weighted by Crippen LogP contribution is -1.96. The molecule has 0 atom stereocenters. The molecule has 2 aromatic rings. The average molecular weight is 225 g/mol. The molecule has 2 rings (SSSR count). The molecule has 2 aromatic heterocycles. The molecule has 15 heavy (non-hydrogen) atoms. The highest BCUT2D eigenvalue weighted by molar-refractivity contribution is 6.29. The number of hydrogen-bond donors (Lipinski definition) is 0. The van der Waals surface area contributed by atoms with Crippen LogP contribution in [0.25, 0.3) is 0 Å². The zero-order chi connectivity index (χ0) is 10.8. The second kappa shape index (κ2) is 3.95. The van der Waals surface area contributed by atoms with E-state index in [1.54, 1.807) is 12.1 Å². The predicted octanol–water partition coefficient (Wildman–Crippen LogP) is 3.32. The monoisotopic (exact) mass is 224 g/mol. The predicted molar refractivity (Wildman–Crippen MR) is 55.2 cm³/mol. The Morgan fingerprint density at radius 3 is 2.40 bits per heavy atom. The lowest BCUT2D eigenvalue weighted by Gasteiger charge is -1.92. The third-order valence-electron chi connectivity index (χ3n) is 2.03. The van der Waals surface area contributed by atoms with Gasteiger partial charge in [-0.05, 0) is 35.9 Å². The first-order valence-electron chi connectivity index (χ1n) is 4.59. The smallest absolute Gasteiger partial charge is 0.263 e. The van der Waals surface area contributed by atoms with Crippen LogP contribution in [0.4, 0.5) is 0 Å². The number of halogens is 1. The van der Waals surface area contributed by atoms with E-state index in [9.17, 15) is 4.79 Å². The summed E-state index contributed by atoms with van der Waals surface area (Å²) in [7, 11) is 0. The van der Waals surface area contributed by atoms with Gasteiger partial charge in [0.1, 0.15) is 5.76 Å². The van der Waals surface area contributed by atoms with Crippen LogP contribution in [0.5, 0.6) is 0 Å². The fraction of sp³-hybridized carbons (Fsp3) is 0.182. The van der Waals surface area contributed by atoms with Crippen molar-refractivity contribution in [2.75, 3.05) is 0 Å². The Bertz CT molecular complexity index is 481. The normalized spacial score (nSPS) is 10.5. The molecule has 0 saturated carbocycles. The van der Waals surface area contributed by atoms with Crippen LogP contribution in [0.1, 0.15) is 29.0 Å². The summed E-state index contributed by atoms with van der Waals surface area (Å²) in [6.45, 7) is 1.96. The van der Waals surface area contributed by atoms with Crippen LogP contribution in [-0.2, 0) is 6.42 Å². The third kappa shape index (κ3) is 1.97. The van der Waals surface area contributed by atoms with Gasteiger partial charge in [-0.25, -0.2) is 0 Å². The highest BCUT2D eigenvalue weighted by atomic mass is 35.5. The van der Waals surface area contributed by atoms with Gasteiger partial charge in [0, 0.05) is 6.42 Å². The fourth-order valence-corrected chi connectivity index (χ4v) is 1.39. The molecule has 0 radical (unpaired) electrons. The van der Waals surface area contributed by atoms with Crippen molar-refractivity contribution in [2.45, 2.75) is 13.3 Å². The Morgan fingerprint density at radius 1 is 1.20 bits per heavy atom. The minimum absolute atomic E-state index is 0.192. The van der Waals surface area contributed by atoms with Crippen LogP contribution in [0, 0.1) is 0 Å². The number of hydrogen-bond acceptors (Lipinski definition) is 3. The Labute approximate surface area is 91.6 Å². The van der Waals surface area contributed by atoms with Gasteiger partial charge < -0.3 is 8.83 Å². The number of ketones is 1. The minimum Gasteiger partial charge on any atom is -0.457 e. The zero-order valence-corrected chi connectivity index (χ0v) is 8.88. The molecular formula is C11H9ClO3. The van der Waals surface area contributed by atoms with E-state index in [1.165, 1.54) is 12.1 Å². The Kier molecular flexibility index (Phi) is 2.64. The van der Waals surface area contributed by atoms with Crippen molar-refractivity contribution in [1.29, 1.82) is 0 Å². The molecule has 4 heteroatoms. The summed E-state index contributed by atoms with van der Waals surface area (Å²) in [6, 6.07) is 6.46. The standard InChI is InChI=1S/C11H9ClO3/c1-2-7-3-4-8(14-7)11(13)9-5-6-10(12)15-9/h3-6H,2H2,1H3. The van der Waals surface area contributed by atoms with Gasteiger partial charge in [-0.3, -0.25) is 4.79 Å². The minimum atomic E-state index is -0.290. The molecule has 0 unspecified atom stereocenters. The Morgan fingerprint density at radius 2 is 1.87 bits per heavy atom. The van der Waals surface area contributed by atoms with Crippen molar-refractivity contribution >= 4 is 17.4 Å². The van der Waals surface area contributed by atoms with E-state index in [0.29, 0.717) is 0 Å². The van der Waals surface area contributed by atoms with E-state index in [-0.39, 0.29) is 22.5 Å². The quantitative estimate of drug-likeness (QED) is 0.752. The molecule has 0 aromatic carbocycles. The van der Waals surface area contributed by atoms with Crippen LogP contribution in [0.3, 0.4) is 0 Å². The van der Waals surface area contributed by atoms with Gasteiger partial charge >= 0.3 is 0 Å². The average Bonchev–Trinajstić information content (AvgIpc) is 2.84. The summed E-state index contributed by atoms with van der Waals surface area (Å²) >= 11 is 5.57. The van der Waals surface area contributed by atoms with Gasteiger partial charge in [0.15, 0.2) is 16.7 Å². The molecule has 0 bridgehead atoms. The molecule has 0 saturated heterocycles. The maximum atomic E-state index is 11.7. The van der Waals surface area contributed by atoms with Crippen molar-refractivity contribution in [3.05, 3.63) is 46.8 Å². The van der Waals surface area contributed by atoms with Gasteiger partial charge in [-0.2, -0.15) is 0 Å². The van der Waals surface area contributed by atoms with Gasteiger partial charge in [-0.1, -0.05) is 6.92 Å². The second-order valence-electron chi connectivity index (χ2n) is 3.05. The van der Waals surface area contributed by atoms with E-state index in [0.717, 1.165) is 12.2 Å². The summed E-state index contributed by atoms with van der Waals surface area (Å²) in [4.78, 5) is 11.7. The highest BCUT2D eigenvalue weighted by Gasteiger charge is 2.16. The first kappa shape index (κ1) is 10.1. The van der Waals surface area contributed by atoms with Crippen LogP contribution < -0.4 is 0 Å². The molecule has 78 valence electrons. The number of rotatable bonds is 3. The number of carbonyl (C=O) groups excluding carboxylic acids is 1. The lowest BCUT2D eigenvalue weighted by molar-refractivity contribution is 0.0981.